The molecule has 0 aliphatic heterocycles. The molecule has 0 fully saturated rings. The minimum Gasteiger partial charge on any atom is -0.306 e. The Balaban J connectivity index is 2.11. The summed E-state index contributed by atoms with van der Waals surface area (Å²) >= 11 is 21.8. The average molecular weight is 394 g/mol. The van der Waals surface area contributed by atoms with Gasteiger partial charge in [0.05, 0.1) is 10.0 Å². The Labute approximate surface area is 142 Å². The van der Waals surface area contributed by atoms with Crippen LogP contribution in [0.15, 0.2) is 40.9 Å². The SMILES string of the molecule is CC(NCc1c(Cl)ccc(Cl)c1Cl)c1cccc(Br)c1. The Morgan fingerprint density at radius 2 is 1.80 bits per heavy atom. The highest BCUT2D eigenvalue weighted by Gasteiger charge is 2.11. The molecule has 106 valence electrons. The van der Waals surface area contributed by atoms with Crippen molar-refractivity contribution in [2.75, 3.05) is 0 Å². The molecular formula is C15H13BrCl3N. The lowest BCUT2D eigenvalue weighted by atomic mass is 10.1. The highest BCUT2D eigenvalue weighted by molar-refractivity contribution is 9.10. The normalized spacial score (nSPS) is 12.4. The molecule has 1 unspecified atom stereocenters. The zero-order valence-electron chi connectivity index (χ0n) is 10.8. The van der Waals surface area contributed by atoms with Gasteiger partial charge in [0.2, 0.25) is 0 Å². The van der Waals surface area contributed by atoms with Crippen LogP contribution < -0.4 is 5.32 Å². The molecular weight excluding hydrogens is 380 g/mol. The first kappa shape index (κ1) is 16.1. The third kappa shape index (κ3) is 3.90. The van der Waals surface area contributed by atoms with Gasteiger partial charge in [-0.25, -0.2) is 0 Å². The molecule has 0 radical (unpaired) electrons. The van der Waals surface area contributed by atoms with Crippen molar-refractivity contribution >= 4 is 50.7 Å². The Hall–Kier alpha value is -0.250. The largest absolute Gasteiger partial charge is 0.306 e. The van der Waals surface area contributed by atoms with Crippen molar-refractivity contribution in [3.05, 3.63) is 67.1 Å². The molecule has 0 spiro atoms. The molecule has 0 aliphatic carbocycles. The highest BCUT2D eigenvalue weighted by atomic mass is 79.9. The number of hydrogen-bond acceptors (Lipinski definition) is 1. The molecule has 0 saturated carbocycles. The number of halogens is 4. The quantitative estimate of drug-likeness (QED) is 0.605. The Morgan fingerprint density at radius 1 is 1.10 bits per heavy atom. The summed E-state index contributed by atoms with van der Waals surface area (Å²) in [4.78, 5) is 0. The van der Waals surface area contributed by atoms with E-state index in [4.69, 9.17) is 34.8 Å². The Kier molecular flexibility index (Phi) is 5.76. The summed E-state index contributed by atoms with van der Waals surface area (Å²) in [6.07, 6.45) is 0. The van der Waals surface area contributed by atoms with E-state index in [1.165, 1.54) is 5.56 Å². The maximum Gasteiger partial charge on any atom is 0.0652 e. The lowest BCUT2D eigenvalue weighted by molar-refractivity contribution is 0.574. The standard InChI is InChI=1S/C15H13BrCl3N/c1-9(10-3-2-4-11(16)7-10)20-8-12-13(17)5-6-14(18)15(12)19/h2-7,9,20H,8H2,1H3. The zero-order chi connectivity index (χ0) is 14.7. The fourth-order valence-electron chi connectivity index (χ4n) is 1.88. The number of nitrogens with one attached hydrogen (secondary N) is 1. The molecule has 0 heterocycles. The summed E-state index contributed by atoms with van der Waals surface area (Å²) in [7, 11) is 0. The molecule has 0 amide bonds. The fourth-order valence-corrected chi connectivity index (χ4v) is 2.98. The van der Waals surface area contributed by atoms with Crippen molar-refractivity contribution in [1.82, 2.24) is 5.32 Å². The van der Waals surface area contributed by atoms with Gasteiger partial charge in [-0.1, -0.05) is 62.9 Å². The summed E-state index contributed by atoms with van der Waals surface area (Å²) in [5.41, 5.74) is 2.01. The maximum absolute atomic E-state index is 6.19. The Bertz CT molecular complexity index is 616. The zero-order valence-corrected chi connectivity index (χ0v) is 14.6. The van der Waals surface area contributed by atoms with E-state index in [1.807, 2.05) is 12.1 Å². The molecule has 0 aliphatic rings. The molecule has 1 N–H and O–H groups in total. The van der Waals surface area contributed by atoms with Crippen molar-refractivity contribution in [3.8, 4) is 0 Å². The molecule has 0 saturated heterocycles. The van der Waals surface area contributed by atoms with E-state index >= 15 is 0 Å². The number of hydrogen-bond donors (Lipinski definition) is 1. The summed E-state index contributed by atoms with van der Waals surface area (Å²) in [5.74, 6) is 0. The lowest BCUT2D eigenvalue weighted by Gasteiger charge is -2.16. The monoisotopic (exact) mass is 391 g/mol. The van der Waals surface area contributed by atoms with Crippen LogP contribution in [0.2, 0.25) is 15.1 Å². The van der Waals surface area contributed by atoms with Crippen molar-refractivity contribution in [2.45, 2.75) is 19.5 Å². The van der Waals surface area contributed by atoms with Crippen LogP contribution in [0, 0.1) is 0 Å². The molecule has 2 rings (SSSR count). The van der Waals surface area contributed by atoms with E-state index in [9.17, 15) is 0 Å². The van der Waals surface area contributed by atoms with E-state index in [1.54, 1.807) is 12.1 Å². The highest BCUT2D eigenvalue weighted by Crippen LogP contribution is 2.31. The molecule has 2 aromatic carbocycles. The second-order valence-electron chi connectivity index (χ2n) is 4.48. The summed E-state index contributed by atoms with van der Waals surface area (Å²) in [6, 6.07) is 11.8. The molecule has 2 aromatic rings. The van der Waals surface area contributed by atoms with Gasteiger partial charge in [-0.2, -0.15) is 0 Å². The van der Waals surface area contributed by atoms with Crippen molar-refractivity contribution in [1.29, 1.82) is 0 Å². The van der Waals surface area contributed by atoms with E-state index in [0.29, 0.717) is 21.6 Å². The van der Waals surface area contributed by atoms with Crippen LogP contribution in [0.4, 0.5) is 0 Å². The minimum atomic E-state index is 0.179. The molecule has 0 aromatic heterocycles. The first-order valence-electron chi connectivity index (χ1n) is 6.10. The van der Waals surface area contributed by atoms with Crippen LogP contribution in [-0.4, -0.2) is 0 Å². The van der Waals surface area contributed by atoms with Crippen LogP contribution in [0.3, 0.4) is 0 Å². The van der Waals surface area contributed by atoms with Crippen LogP contribution in [0.25, 0.3) is 0 Å². The minimum absolute atomic E-state index is 0.179. The summed E-state index contributed by atoms with van der Waals surface area (Å²) in [5, 5.41) is 5.05. The third-order valence-corrected chi connectivity index (χ3v) is 4.76. The van der Waals surface area contributed by atoms with Crippen molar-refractivity contribution < 1.29 is 0 Å². The van der Waals surface area contributed by atoms with E-state index in [2.05, 4.69) is 40.3 Å². The van der Waals surface area contributed by atoms with Crippen molar-refractivity contribution in [3.63, 3.8) is 0 Å². The van der Waals surface area contributed by atoms with E-state index < -0.39 is 0 Å². The summed E-state index contributed by atoms with van der Waals surface area (Å²) in [6.45, 7) is 2.65. The van der Waals surface area contributed by atoms with Crippen LogP contribution >= 0.6 is 50.7 Å². The second-order valence-corrected chi connectivity index (χ2v) is 6.59. The van der Waals surface area contributed by atoms with Gasteiger partial charge >= 0.3 is 0 Å². The van der Waals surface area contributed by atoms with E-state index in [-0.39, 0.29) is 6.04 Å². The first-order valence-corrected chi connectivity index (χ1v) is 8.03. The summed E-state index contributed by atoms with van der Waals surface area (Å²) < 4.78 is 1.06. The van der Waals surface area contributed by atoms with Gasteiger partial charge in [0.1, 0.15) is 0 Å². The van der Waals surface area contributed by atoms with Crippen LogP contribution in [-0.2, 0) is 6.54 Å². The predicted octanol–water partition coefficient (Wildman–Crippen LogP) is 6.26. The van der Waals surface area contributed by atoms with Gasteiger partial charge in [0.25, 0.3) is 0 Å². The number of rotatable bonds is 4. The van der Waals surface area contributed by atoms with Crippen LogP contribution in [0.1, 0.15) is 24.1 Å². The smallest absolute Gasteiger partial charge is 0.0652 e. The fraction of sp³-hybridized carbons (Fsp3) is 0.200. The third-order valence-electron chi connectivity index (χ3n) is 3.07. The first-order chi connectivity index (χ1) is 9.49. The van der Waals surface area contributed by atoms with Gasteiger partial charge in [-0.15, -0.1) is 0 Å². The van der Waals surface area contributed by atoms with Gasteiger partial charge in [-0.05, 0) is 36.8 Å². The molecule has 1 nitrogen and oxygen atoms in total. The molecule has 5 heteroatoms. The van der Waals surface area contributed by atoms with E-state index in [0.717, 1.165) is 10.0 Å². The van der Waals surface area contributed by atoms with Gasteiger partial charge in [0, 0.05) is 27.6 Å². The second kappa shape index (κ2) is 7.15. The average Bonchev–Trinajstić information content (AvgIpc) is 2.43. The lowest BCUT2D eigenvalue weighted by Crippen LogP contribution is -2.18. The molecule has 20 heavy (non-hydrogen) atoms. The maximum atomic E-state index is 6.19. The Morgan fingerprint density at radius 3 is 2.50 bits per heavy atom. The topological polar surface area (TPSA) is 12.0 Å². The number of benzene rings is 2. The van der Waals surface area contributed by atoms with Gasteiger partial charge in [-0.3, -0.25) is 0 Å². The van der Waals surface area contributed by atoms with Crippen molar-refractivity contribution in [2.24, 2.45) is 0 Å². The van der Waals surface area contributed by atoms with Gasteiger partial charge in [0.15, 0.2) is 0 Å². The molecule has 0 bridgehead atoms. The van der Waals surface area contributed by atoms with Gasteiger partial charge < -0.3 is 5.32 Å². The predicted molar refractivity (Wildman–Crippen MR) is 90.9 cm³/mol. The van der Waals surface area contributed by atoms with Crippen LogP contribution in [0.5, 0.6) is 0 Å². The molecule has 1 atom stereocenters.